The highest BCUT2D eigenvalue weighted by atomic mass is 32.2. The zero-order valence-electron chi connectivity index (χ0n) is 13.5. The van der Waals surface area contributed by atoms with E-state index in [0.29, 0.717) is 5.69 Å². The van der Waals surface area contributed by atoms with E-state index >= 15 is 0 Å². The quantitative estimate of drug-likeness (QED) is 0.852. The van der Waals surface area contributed by atoms with Crippen LogP contribution in [0.15, 0.2) is 18.2 Å². The molecule has 2 rings (SSSR count). The monoisotopic (exact) mass is 324 g/mol. The van der Waals surface area contributed by atoms with Gasteiger partial charge in [-0.05, 0) is 56.4 Å². The summed E-state index contributed by atoms with van der Waals surface area (Å²) in [6, 6.07) is 5.59. The summed E-state index contributed by atoms with van der Waals surface area (Å²) in [6.07, 6.45) is 4.27. The maximum absolute atomic E-state index is 12.4. The molecule has 1 aliphatic heterocycles. The van der Waals surface area contributed by atoms with Crippen LogP contribution in [0.4, 0.5) is 5.69 Å². The summed E-state index contributed by atoms with van der Waals surface area (Å²) in [5.74, 6) is -0.121. The van der Waals surface area contributed by atoms with Crippen LogP contribution in [0.25, 0.3) is 0 Å². The van der Waals surface area contributed by atoms with Crippen molar-refractivity contribution in [2.24, 2.45) is 0 Å². The van der Waals surface area contributed by atoms with Crippen LogP contribution in [0.3, 0.4) is 0 Å². The van der Waals surface area contributed by atoms with Crippen molar-refractivity contribution in [2.45, 2.75) is 33.1 Å². The maximum atomic E-state index is 12.4. The van der Waals surface area contributed by atoms with Crippen molar-refractivity contribution in [2.75, 3.05) is 30.2 Å². The molecule has 1 saturated heterocycles. The van der Waals surface area contributed by atoms with Gasteiger partial charge in [0.25, 0.3) is 0 Å². The Hall–Kier alpha value is -1.56. The van der Waals surface area contributed by atoms with Crippen LogP contribution in [0.2, 0.25) is 0 Å². The second-order valence-corrected chi connectivity index (χ2v) is 7.96. The number of rotatable bonds is 4. The predicted molar refractivity (Wildman–Crippen MR) is 88.5 cm³/mol. The molecule has 1 aromatic carbocycles. The second-order valence-electron chi connectivity index (χ2n) is 6.06. The minimum Gasteiger partial charge on any atom is -0.341 e. The van der Waals surface area contributed by atoms with Gasteiger partial charge in [0.15, 0.2) is 0 Å². The molecule has 0 atom stereocenters. The molecular weight excluding hydrogens is 300 g/mol. The molecule has 0 aromatic heterocycles. The first-order valence-electron chi connectivity index (χ1n) is 7.61. The highest BCUT2D eigenvalue weighted by Gasteiger charge is 2.25. The molecule has 0 unspecified atom stereocenters. The Morgan fingerprint density at radius 1 is 1.09 bits per heavy atom. The number of carbonyl (C=O) groups is 1. The molecule has 122 valence electrons. The average Bonchev–Trinajstić information content (AvgIpc) is 2.43. The summed E-state index contributed by atoms with van der Waals surface area (Å²) in [7, 11) is -3.50. The van der Waals surface area contributed by atoms with Crippen LogP contribution < -0.4 is 4.31 Å². The average molecular weight is 324 g/mol. The first-order valence-corrected chi connectivity index (χ1v) is 9.46. The summed E-state index contributed by atoms with van der Waals surface area (Å²) in [6.45, 7) is 5.17. The number of sulfonamides is 1. The number of likely N-dealkylation sites (tertiary alicyclic amines) is 1. The first kappa shape index (κ1) is 16.8. The minimum atomic E-state index is -3.50. The van der Waals surface area contributed by atoms with E-state index in [-0.39, 0.29) is 12.5 Å². The van der Waals surface area contributed by atoms with E-state index in [1.54, 1.807) is 17.0 Å². The molecule has 1 heterocycles. The van der Waals surface area contributed by atoms with Crippen molar-refractivity contribution in [1.82, 2.24) is 4.90 Å². The molecule has 0 N–H and O–H groups in total. The van der Waals surface area contributed by atoms with Crippen molar-refractivity contribution < 1.29 is 13.2 Å². The van der Waals surface area contributed by atoms with Gasteiger partial charge >= 0.3 is 0 Å². The van der Waals surface area contributed by atoms with Crippen LogP contribution in [0.1, 0.15) is 30.4 Å². The third kappa shape index (κ3) is 4.22. The summed E-state index contributed by atoms with van der Waals surface area (Å²) in [5.41, 5.74) is 2.52. The Labute approximate surface area is 133 Å². The zero-order valence-corrected chi connectivity index (χ0v) is 14.3. The van der Waals surface area contributed by atoms with Gasteiger partial charge in [-0.3, -0.25) is 9.10 Å². The number of benzene rings is 1. The normalized spacial score (nSPS) is 15.7. The smallest absolute Gasteiger partial charge is 0.243 e. The first-order chi connectivity index (χ1) is 10.3. The molecular formula is C16H24N2O3S. The second kappa shape index (κ2) is 6.69. The largest absolute Gasteiger partial charge is 0.341 e. The minimum absolute atomic E-state index is 0.121. The number of carbonyl (C=O) groups excluding carboxylic acids is 1. The molecule has 0 spiro atoms. The molecule has 5 nitrogen and oxygen atoms in total. The van der Waals surface area contributed by atoms with E-state index in [9.17, 15) is 13.2 Å². The lowest BCUT2D eigenvalue weighted by atomic mass is 10.1. The van der Waals surface area contributed by atoms with E-state index in [1.165, 1.54) is 4.31 Å². The van der Waals surface area contributed by atoms with Gasteiger partial charge in [-0.1, -0.05) is 6.07 Å². The van der Waals surface area contributed by atoms with E-state index < -0.39 is 10.0 Å². The van der Waals surface area contributed by atoms with Gasteiger partial charge in [-0.15, -0.1) is 0 Å². The molecule has 0 radical (unpaired) electrons. The van der Waals surface area contributed by atoms with Gasteiger partial charge in [0, 0.05) is 13.1 Å². The Balaban J connectivity index is 2.25. The summed E-state index contributed by atoms with van der Waals surface area (Å²) >= 11 is 0. The number of nitrogens with zero attached hydrogens (tertiary/aromatic N) is 2. The Morgan fingerprint density at radius 3 is 2.14 bits per heavy atom. The van der Waals surface area contributed by atoms with Crippen LogP contribution in [-0.2, 0) is 14.8 Å². The third-order valence-corrected chi connectivity index (χ3v) is 5.02. The summed E-state index contributed by atoms with van der Waals surface area (Å²) in [5, 5.41) is 0. The van der Waals surface area contributed by atoms with Crippen LogP contribution >= 0.6 is 0 Å². The van der Waals surface area contributed by atoms with Crippen molar-refractivity contribution in [3.63, 3.8) is 0 Å². The number of anilines is 1. The van der Waals surface area contributed by atoms with E-state index in [1.807, 2.05) is 19.9 Å². The highest BCUT2D eigenvalue weighted by molar-refractivity contribution is 7.92. The highest BCUT2D eigenvalue weighted by Crippen LogP contribution is 2.22. The van der Waals surface area contributed by atoms with E-state index in [2.05, 4.69) is 0 Å². The number of amides is 1. The van der Waals surface area contributed by atoms with Crippen LogP contribution in [0, 0.1) is 13.8 Å². The number of hydrogen-bond donors (Lipinski definition) is 0. The number of hydrogen-bond acceptors (Lipinski definition) is 3. The van der Waals surface area contributed by atoms with Crippen LogP contribution in [0.5, 0.6) is 0 Å². The fraction of sp³-hybridized carbons (Fsp3) is 0.562. The van der Waals surface area contributed by atoms with Crippen molar-refractivity contribution >= 4 is 21.6 Å². The molecule has 1 amide bonds. The fourth-order valence-corrected chi connectivity index (χ4v) is 3.69. The predicted octanol–water partition coefficient (Wildman–Crippen LogP) is 2.08. The Morgan fingerprint density at radius 2 is 1.64 bits per heavy atom. The SMILES string of the molecule is Cc1cc(C)cc(N(CC(=O)N2CCCCC2)S(C)(=O)=O)c1. The maximum Gasteiger partial charge on any atom is 0.243 e. The van der Waals surface area contributed by atoms with Gasteiger partial charge in [0.2, 0.25) is 15.9 Å². The van der Waals surface area contributed by atoms with Crippen LogP contribution in [-0.4, -0.2) is 45.1 Å². The fourth-order valence-electron chi connectivity index (χ4n) is 2.86. The molecule has 0 bridgehead atoms. The molecule has 6 heteroatoms. The lowest BCUT2D eigenvalue weighted by Gasteiger charge is -2.30. The van der Waals surface area contributed by atoms with Gasteiger partial charge in [0.1, 0.15) is 6.54 Å². The summed E-state index contributed by atoms with van der Waals surface area (Å²) in [4.78, 5) is 14.2. The van der Waals surface area contributed by atoms with Crippen molar-refractivity contribution in [3.8, 4) is 0 Å². The topological polar surface area (TPSA) is 57.7 Å². The summed E-state index contributed by atoms with van der Waals surface area (Å²) < 4.78 is 25.5. The van der Waals surface area contributed by atoms with Gasteiger partial charge in [-0.25, -0.2) is 8.42 Å². The Kier molecular flexibility index (Phi) is 5.11. The molecule has 1 aromatic rings. The van der Waals surface area contributed by atoms with Crippen molar-refractivity contribution in [1.29, 1.82) is 0 Å². The zero-order chi connectivity index (χ0) is 16.3. The lowest BCUT2D eigenvalue weighted by Crippen LogP contribution is -2.44. The third-order valence-electron chi connectivity index (χ3n) is 3.88. The Bertz CT molecular complexity index is 629. The standard InChI is InChI=1S/C16H24N2O3S/c1-13-9-14(2)11-15(10-13)18(22(3,20)21)12-16(19)17-7-5-4-6-8-17/h9-11H,4-8,12H2,1-3H3. The van der Waals surface area contributed by atoms with Gasteiger partial charge < -0.3 is 4.90 Å². The molecule has 0 aliphatic carbocycles. The van der Waals surface area contributed by atoms with Gasteiger partial charge in [0.05, 0.1) is 11.9 Å². The molecule has 1 aliphatic rings. The molecule has 0 saturated carbocycles. The van der Waals surface area contributed by atoms with Gasteiger partial charge in [-0.2, -0.15) is 0 Å². The lowest BCUT2D eigenvalue weighted by molar-refractivity contribution is -0.130. The van der Waals surface area contributed by atoms with E-state index in [0.717, 1.165) is 49.7 Å². The number of piperidine rings is 1. The number of aryl methyl sites for hydroxylation is 2. The van der Waals surface area contributed by atoms with E-state index in [4.69, 9.17) is 0 Å². The molecule has 22 heavy (non-hydrogen) atoms. The van der Waals surface area contributed by atoms with Crippen molar-refractivity contribution in [3.05, 3.63) is 29.3 Å². The molecule has 1 fully saturated rings.